The van der Waals surface area contributed by atoms with Crippen molar-refractivity contribution >= 4 is 38.6 Å². The summed E-state index contributed by atoms with van der Waals surface area (Å²) in [4.78, 5) is 0. The van der Waals surface area contributed by atoms with Crippen LogP contribution in [0.5, 0.6) is 0 Å². The summed E-state index contributed by atoms with van der Waals surface area (Å²) in [6.45, 7) is 21.5. The van der Waals surface area contributed by atoms with Crippen molar-refractivity contribution < 1.29 is 12.3 Å². The summed E-state index contributed by atoms with van der Waals surface area (Å²) >= 11 is 0. The van der Waals surface area contributed by atoms with Gasteiger partial charge in [-0.05, 0) is 39.3 Å². The monoisotopic (exact) mass is 397 g/mol. The molecule has 0 radical (unpaired) electrons. The molecule has 0 rings (SSSR count). The van der Waals surface area contributed by atoms with Crippen LogP contribution in [0.2, 0.25) is 6.55 Å². The van der Waals surface area contributed by atoms with Crippen molar-refractivity contribution in [2.45, 2.75) is 48.1 Å². The zero-order valence-electron chi connectivity index (χ0n) is 16.4. The molecule has 0 aliphatic rings. The Morgan fingerprint density at radius 1 is 0.565 bits per heavy atom. The van der Waals surface area contributed by atoms with Crippen LogP contribution < -0.4 is 0 Å². The van der Waals surface area contributed by atoms with Gasteiger partial charge in [0, 0.05) is 6.55 Å². The van der Waals surface area contributed by atoms with Crippen molar-refractivity contribution in [1.82, 2.24) is 13.7 Å². The van der Waals surface area contributed by atoms with Gasteiger partial charge in [0.1, 0.15) is 0 Å². The molecule has 0 aromatic rings. The first-order valence-electron chi connectivity index (χ1n) is 9.07. The maximum Gasteiger partial charge on any atom is 0.467 e. The van der Waals surface area contributed by atoms with Gasteiger partial charge in [0.15, 0.2) is 0 Å². The molecule has 0 atom stereocenters. The number of hydrogen-bond donors (Lipinski definition) is 0. The van der Waals surface area contributed by atoms with Gasteiger partial charge in [0.25, 0.3) is 0 Å². The third-order valence-electron chi connectivity index (χ3n) is 4.21. The molecule has 0 N–H and O–H groups in total. The van der Waals surface area contributed by atoms with Crippen LogP contribution in [0.25, 0.3) is 0 Å². The van der Waals surface area contributed by atoms with Gasteiger partial charge in [-0.1, -0.05) is 41.5 Å². The standard InChI is InChI=1S/C13H39N3O3Si4/c1-8-14(9-2)20-17-23(7,18-21-15(10-3)11-4)19-22-16(12-5)13-6/h8-13,20-22H2,1-7H3. The molecule has 0 unspecified atom stereocenters. The van der Waals surface area contributed by atoms with Gasteiger partial charge in [0.05, 0.1) is 0 Å². The van der Waals surface area contributed by atoms with Gasteiger partial charge in [-0.2, -0.15) is 0 Å². The molecule has 140 valence electrons. The van der Waals surface area contributed by atoms with Gasteiger partial charge in [0.2, 0.25) is 29.8 Å². The second-order valence-electron chi connectivity index (χ2n) is 5.59. The number of nitrogens with zero attached hydrogens (tertiary/aromatic N) is 3. The second kappa shape index (κ2) is 13.9. The zero-order chi connectivity index (χ0) is 17.7. The van der Waals surface area contributed by atoms with Crippen molar-refractivity contribution in [3.05, 3.63) is 0 Å². The van der Waals surface area contributed by atoms with E-state index in [1.165, 1.54) is 0 Å². The fraction of sp³-hybridized carbons (Fsp3) is 1.00. The largest absolute Gasteiger partial charge is 0.467 e. The van der Waals surface area contributed by atoms with Crippen LogP contribution in [0.3, 0.4) is 0 Å². The lowest BCUT2D eigenvalue weighted by Gasteiger charge is -2.33. The fourth-order valence-electron chi connectivity index (χ4n) is 1.97. The first-order valence-corrected chi connectivity index (χ1v) is 14.9. The number of rotatable bonds is 15. The van der Waals surface area contributed by atoms with Gasteiger partial charge in [-0.15, -0.1) is 0 Å². The van der Waals surface area contributed by atoms with Crippen molar-refractivity contribution in [3.63, 3.8) is 0 Å². The van der Waals surface area contributed by atoms with E-state index in [1.807, 2.05) is 0 Å². The Bertz CT molecular complexity index is 240. The highest BCUT2D eigenvalue weighted by Crippen LogP contribution is 2.09. The minimum Gasteiger partial charge on any atom is -0.408 e. The van der Waals surface area contributed by atoms with Crippen molar-refractivity contribution in [2.24, 2.45) is 0 Å². The Morgan fingerprint density at radius 3 is 0.957 bits per heavy atom. The molecule has 0 spiro atoms. The summed E-state index contributed by atoms with van der Waals surface area (Å²) in [5, 5.41) is 0. The maximum absolute atomic E-state index is 6.33. The first kappa shape index (κ1) is 23.6. The van der Waals surface area contributed by atoms with E-state index in [4.69, 9.17) is 12.3 Å². The summed E-state index contributed by atoms with van der Waals surface area (Å²) in [5.74, 6) is 0. The SMILES string of the molecule is CCN(CC)[SiH2]O[Si](C)(O[SiH2]N(CC)CC)O[SiH2]N(CC)CC. The Hall–Kier alpha value is 0.628. The van der Waals surface area contributed by atoms with Crippen molar-refractivity contribution in [1.29, 1.82) is 0 Å². The molecule has 10 heteroatoms. The molecule has 0 fully saturated rings. The van der Waals surface area contributed by atoms with E-state index in [2.05, 4.69) is 61.8 Å². The summed E-state index contributed by atoms with van der Waals surface area (Å²) in [7, 11) is -4.70. The van der Waals surface area contributed by atoms with Crippen LogP contribution >= 0.6 is 0 Å². The van der Waals surface area contributed by atoms with E-state index in [1.54, 1.807) is 0 Å². The Labute approximate surface area is 152 Å². The molecule has 0 aliphatic carbocycles. The van der Waals surface area contributed by atoms with E-state index in [9.17, 15) is 0 Å². The summed E-state index contributed by atoms with van der Waals surface area (Å²) in [6, 6.07) is 0. The first-order chi connectivity index (χ1) is 11.0. The predicted molar refractivity (Wildman–Crippen MR) is 109 cm³/mol. The molecular formula is C13H39N3O3Si4. The molecule has 0 saturated carbocycles. The molecule has 0 bridgehead atoms. The summed E-state index contributed by atoms with van der Waals surface area (Å²) in [6.07, 6.45) is 0. The highest BCUT2D eigenvalue weighted by molar-refractivity contribution is 6.71. The van der Waals surface area contributed by atoms with Crippen LogP contribution in [-0.4, -0.2) is 91.5 Å². The van der Waals surface area contributed by atoms with E-state index in [-0.39, 0.29) is 0 Å². The smallest absolute Gasteiger partial charge is 0.408 e. The third kappa shape index (κ3) is 10.3. The zero-order valence-corrected chi connectivity index (χ0v) is 21.7. The lowest BCUT2D eigenvalue weighted by molar-refractivity contribution is 0.244. The van der Waals surface area contributed by atoms with Crippen LogP contribution in [-0.2, 0) is 12.3 Å². The molecule has 0 heterocycles. The summed E-state index contributed by atoms with van der Waals surface area (Å²) < 4.78 is 26.2. The fourth-order valence-corrected chi connectivity index (χ4v) is 11.3. The van der Waals surface area contributed by atoms with Crippen LogP contribution in [0.4, 0.5) is 0 Å². The minimum atomic E-state index is -2.48. The molecule has 0 aromatic carbocycles. The van der Waals surface area contributed by atoms with Crippen LogP contribution in [0.1, 0.15) is 41.5 Å². The van der Waals surface area contributed by atoms with Gasteiger partial charge >= 0.3 is 8.80 Å². The van der Waals surface area contributed by atoms with Gasteiger partial charge in [-0.3, -0.25) is 0 Å². The molecule has 0 aromatic heterocycles. The highest BCUT2D eigenvalue weighted by Gasteiger charge is 2.35. The second-order valence-corrected chi connectivity index (χ2v) is 14.2. The molecule has 0 amide bonds. The molecule has 23 heavy (non-hydrogen) atoms. The predicted octanol–water partition coefficient (Wildman–Crippen LogP) is -0.373. The average molecular weight is 398 g/mol. The van der Waals surface area contributed by atoms with Crippen LogP contribution in [0, 0.1) is 0 Å². The van der Waals surface area contributed by atoms with E-state index in [0.29, 0.717) is 0 Å². The normalized spacial score (nSPS) is 16.4. The van der Waals surface area contributed by atoms with Gasteiger partial charge in [-0.25, -0.2) is 0 Å². The van der Waals surface area contributed by atoms with E-state index >= 15 is 0 Å². The quantitative estimate of drug-likeness (QED) is 0.351. The topological polar surface area (TPSA) is 37.4 Å². The Morgan fingerprint density at radius 2 is 0.783 bits per heavy atom. The average Bonchev–Trinajstić information content (AvgIpc) is 2.57. The lowest BCUT2D eigenvalue weighted by atomic mass is 10.7. The minimum absolute atomic E-state index is 0.741. The Balaban J connectivity index is 4.66. The van der Waals surface area contributed by atoms with Crippen molar-refractivity contribution in [3.8, 4) is 0 Å². The Kier molecular flexibility index (Phi) is 14.2. The molecule has 0 saturated heterocycles. The highest BCUT2D eigenvalue weighted by atomic mass is 28.5. The third-order valence-corrected chi connectivity index (χ3v) is 15.8. The van der Waals surface area contributed by atoms with Crippen LogP contribution in [0.15, 0.2) is 0 Å². The van der Waals surface area contributed by atoms with E-state index < -0.39 is 38.6 Å². The van der Waals surface area contributed by atoms with E-state index in [0.717, 1.165) is 39.3 Å². The molecule has 0 aliphatic heterocycles. The summed E-state index contributed by atoms with van der Waals surface area (Å²) in [5.41, 5.74) is 0. The molecular weight excluding hydrogens is 359 g/mol. The van der Waals surface area contributed by atoms with Gasteiger partial charge < -0.3 is 26.0 Å². The van der Waals surface area contributed by atoms with Crippen molar-refractivity contribution in [2.75, 3.05) is 39.3 Å². The molecule has 6 nitrogen and oxygen atoms in total. The lowest BCUT2D eigenvalue weighted by Crippen LogP contribution is -2.52. The number of hydrogen-bond acceptors (Lipinski definition) is 6. The maximum atomic E-state index is 6.33.